The van der Waals surface area contributed by atoms with Crippen LogP contribution in [-0.4, -0.2) is 56.0 Å². The molecule has 1 aromatic carbocycles. The van der Waals surface area contributed by atoms with Crippen molar-refractivity contribution < 1.29 is 4.79 Å². The van der Waals surface area contributed by atoms with E-state index in [9.17, 15) is 4.79 Å². The van der Waals surface area contributed by atoms with Crippen LogP contribution in [0.15, 0.2) is 18.2 Å². The highest BCUT2D eigenvalue weighted by atomic mass is 16.2. The van der Waals surface area contributed by atoms with Gasteiger partial charge >= 0.3 is 0 Å². The first kappa shape index (κ1) is 13.8. The monoisotopic (exact) mass is 262 g/mol. The Hall–Kier alpha value is -1.59. The van der Waals surface area contributed by atoms with E-state index in [1.807, 2.05) is 39.3 Å². The lowest BCUT2D eigenvalue weighted by atomic mass is 9.97. The Bertz CT molecular complexity index is 473. The van der Waals surface area contributed by atoms with Crippen molar-refractivity contribution >= 4 is 17.3 Å². The van der Waals surface area contributed by atoms with E-state index >= 15 is 0 Å². The lowest BCUT2D eigenvalue weighted by Crippen LogP contribution is -2.48. The first-order valence-electron chi connectivity index (χ1n) is 6.52. The van der Waals surface area contributed by atoms with Crippen LogP contribution in [0, 0.1) is 0 Å². The van der Waals surface area contributed by atoms with Crippen molar-refractivity contribution in [1.82, 2.24) is 9.80 Å². The average molecular weight is 262 g/mol. The van der Waals surface area contributed by atoms with Crippen LogP contribution >= 0.6 is 0 Å². The fourth-order valence-corrected chi connectivity index (χ4v) is 2.32. The summed E-state index contributed by atoms with van der Waals surface area (Å²) in [5, 5.41) is 2.93. The van der Waals surface area contributed by atoms with Crippen molar-refractivity contribution in [2.45, 2.75) is 12.5 Å². The third-order valence-corrected chi connectivity index (χ3v) is 3.58. The van der Waals surface area contributed by atoms with Crippen molar-refractivity contribution in [2.75, 3.05) is 45.3 Å². The maximum Gasteiger partial charge on any atom is 0.242 e. The van der Waals surface area contributed by atoms with Crippen molar-refractivity contribution in [1.29, 1.82) is 0 Å². The zero-order valence-corrected chi connectivity index (χ0v) is 11.8. The zero-order chi connectivity index (χ0) is 14.0. The fraction of sp³-hybridized carbons (Fsp3) is 0.500. The van der Waals surface area contributed by atoms with Crippen molar-refractivity contribution in [3.8, 4) is 0 Å². The minimum atomic E-state index is -0.116. The number of nitrogens with one attached hydrogen (secondary N) is 1. The van der Waals surface area contributed by atoms with Gasteiger partial charge in [-0.15, -0.1) is 0 Å². The van der Waals surface area contributed by atoms with Gasteiger partial charge in [0.2, 0.25) is 5.91 Å². The number of nitrogens with zero attached hydrogens (tertiary/aromatic N) is 2. The normalized spacial score (nSPS) is 18.6. The summed E-state index contributed by atoms with van der Waals surface area (Å²) in [7, 11) is 6.06. The van der Waals surface area contributed by atoms with E-state index in [-0.39, 0.29) is 11.9 Å². The number of rotatable bonds is 4. The lowest BCUT2D eigenvalue weighted by molar-refractivity contribution is -0.121. The topological polar surface area (TPSA) is 61.6 Å². The van der Waals surface area contributed by atoms with Crippen LogP contribution in [0.5, 0.6) is 0 Å². The van der Waals surface area contributed by atoms with Crippen molar-refractivity contribution in [3.05, 3.63) is 23.8 Å². The van der Waals surface area contributed by atoms with Gasteiger partial charge in [0.15, 0.2) is 0 Å². The Kier molecular flexibility index (Phi) is 4.07. The molecule has 0 aliphatic carbocycles. The van der Waals surface area contributed by atoms with Crippen LogP contribution in [-0.2, 0) is 11.2 Å². The molecule has 1 heterocycles. The van der Waals surface area contributed by atoms with Crippen LogP contribution in [0.1, 0.15) is 5.56 Å². The molecule has 0 saturated heterocycles. The maximum absolute atomic E-state index is 12.2. The molecule has 1 atom stereocenters. The first-order valence-corrected chi connectivity index (χ1v) is 6.52. The molecule has 5 heteroatoms. The molecule has 1 aromatic rings. The van der Waals surface area contributed by atoms with E-state index in [0.717, 1.165) is 30.8 Å². The Morgan fingerprint density at radius 2 is 2.05 bits per heavy atom. The summed E-state index contributed by atoms with van der Waals surface area (Å²) in [6, 6.07) is 5.66. The molecule has 0 fully saturated rings. The molecular formula is C14H22N4O. The van der Waals surface area contributed by atoms with Gasteiger partial charge in [-0.1, -0.05) is 12.1 Å². The highest BCUT2D eigenvalue weighted by Crippen LogP contribution is 2.29. The summed E-state index contributed by atoms with van der Waals surface area (Å²) < 4.78 is 0. The molecule has 1 unspecified atom stereocenters. The predicted octanol–water partition coefficient (Wildman–Crippen LogP) is 0.625. The quantitative estimate of drug-likeness (QED) is 0.781. The number of carbonyl (C=O) groups is 1. The number of amides is 1. The van der Waals surface area contributed by atoms with Crippen molar-refractivity contribution in [2.24, 2.45) is 0 Å². The van der Waals surface area contributed by atoms with Gasteiger partial charge < -0.3 is 16.0 Å². The molecule has 3 N–H and O–H groups in total. The number of para-hydroxylation sites is 1. The number of anilines is 2. The summed E-state index contributed by atoms with van der Waals surface area (Å²) in [6.07, 6.45) is 0.718. The van der Waals surface area contributed by atoms with Gasteiger partial charge in [-0.2, -0.15) is 0 Å². The summed E-state index contributed by atoms with van der Waals surface area (Å²) in [5.41, 5.74) is 8.42. The molecule has 0 spiro atoms. The van der Waals surface area contributed by atoms with E-state index in [1.165, 1.54) is 0 Å². The maximum atomic E-state index is 12.2. The molecule has 2 rings (SSSR count). The van der Waals surface area contributed by atoms with Gasteiger partial charge in [0.05, 0.1) is 17.4 Å². The third kappa shape index (κ3) is 3.05. The molecule has 104 valence electrons. The molecular weight excluding hydrogens is 240 g/mol. The molecule has 1 amide bonds. The number of likely N-dealkylation sites (N-methyl/N-ethyl adjacent to an activating group) is 2. The van der Waals surface area contributed by atoms with Gasteiger partial charge in [0.25, 0.3) is 0 Å². The Morgan fingerprint density at radius 1 is 1.32 bits per heavy atom. The van der Waals surface area contributed by atoms with Crippen LogP contribution in [0.2, 0.25) is 0 Å². The van der Waals surface area contributed by atoms with Gasteiger partial charge in [-0.05, 0) is 39.2 Å². The van der Waals surface area contributed by atoms with Crippen LogP contribution in [0.3, 0.4) is 0 Å². The number of hydrogen-bond acceptors (Lipinski definition) is 4. The van der Waals surface area contributed by atoms with Crippen molar-refractivity contribution in [3.63, 3.8) is 0 Å². The van der Waals surface area contributed by atoms with Gasteiger partial charge in [0, 0.05) is 13.1 Å². The SMILES string of the molecule is CN(C)CCN(C)C1Cc2cccc(N)c2NC1=O. The largest absolute Gasteiger partial charge is 0.397 e. The van der Waals surface area contributed by atoms with Crippen LogP contribution < -0.4 is 11.1 Å². The van der Waals surface area contributed by atoms with Gasteiger partial charge in [-0.3, -0.25) is 9.69 Å². The molecule has 1 aliphatic rings. The minimum absolute atomic E-state index is 0.0339. The number of hydrogen-bond donors (Lipinski definition) is 2. The highest BCUT2D eigenvalue weighted by molar-refractivity contribution is 6.00. The summed E-state index contributed by atoms with van der Waals surface area (Å²) in [6.45, 7) is 1.80. The number of nitrogen functional groups attached to an aromatic ring is 1. The smallest absolute Gasteiger partial charge is 0.242 e. The highest BCUT2D eigenvalue weighted by Gasteiger charge is 2.29. The van der Waals surface area contributed by atoms with E-state index in [1.54, 1.807) is 0 Å². The van der Waals surface area contributed by atoms with E-state index in [4.69, 9.17) is 5.73 Å². The molecule has 19 heavy (non-hydrogen) atoms. The molecule has 1 aliphatic heterocycles. The van der Waals surface area contributed by atoms with E-state index < -0.39 is 0 Å². The Balaban J connectivity index is 2.11. The van der Waals surface area contributed by atoms with E-state index in [0.29, 0.717) is 5.69 Å². The van der Waals surface area contributed by atoms with Crippen LogP contribution in [0.4, 0.5) is 11.4 Å². The molecule has 5 nitrogen and oxygen atoms in total. The van der Waals surface area contributed by atoms with Gasteiger partial charge in [0.1, 0.15) is 0 Å². The second-order valence-corrected chi connectivity index (χ2v) is 5.37. The summed E-state index contributed by atoms with van der Waals surface area (Å²) in [4.78, 5) is 16.4. The standard InChI is InChI=1S/C14H22N4O/c1-17(2)7-8-18(3)12-9-10-5-4-6-11(15)13(10)16-14(12)19/h4-6,12H,7-9,15H2,1-3H3,(H,16,19). The number of carbonyl (C=O) groups excluding carboxylic acids is 1. The second kappa shape index (κ2) is 5.59. The van der Waals surface area contributed by atoms with E-state index in [2.05, 4.69) is 15.1 Å². The second-order valence-electron chi connectivity index (χ2n) is 5.37. The molecule has 0 bridgehead atoms. The average Bonchev–Trinajstić information content (AvgIpc) is 2.36. The molecule has 0 radical (unpaired) electrons. The fourth-order valence-electron chi connectivity index (χ4n) is 2.32. The summed E-state index contributed by atoms with van der Waals surface area (Å²) in [5.74, 6) is 0.0339. The number of fused-ring (bicyclic) bond motifs is 1. The third-order valence-electron chi connectivity index (χ3n) is 3.58. The first-order chi connectivity index (χ1) is 8.99. The predicted molar refractivity (Wildman–Crippen MR) is 78.2 cm³/mol. The number of benzene rings is 1. The number of nitrogens with two attached hydrogens (primary N) is 1. The Labute approximate surface area is 114 Å². The molecule has 0 aromatic heterocycles. The van der Waals surface area contributed by atoms with Gasteiger partial charge in [-0.25, -0.2) is 0 Å². The summed E-state index contributed by atoms with van der Waals surface area (Å²) >= 11 is 0. The minimum Gasteiger partial charge on any atom is -0.397 e. The Morgan fingerprint density at radius 3 is 2.74 bits per heavy atom. The van der Waals surface area contributed by atoms with Crippen LogP contribution in [0.25, 0.3) is 0 Å². The lowest BCUT2D eigenvalue weighted by Gasteiger charge is -2.32. The molecule has 0 saturated carbocycles. The zero-order valence-electron chi connectivity index (χ0n) is 11.8.